The molecule has 0 saturated carbocycles. The van der Waals surface area contributed by atoms with Crippen LogP contribution < -0.4 is 4.89 Å². The maximum atomic E-state index is 12.6. The van der Waals surface area contributed by atoms with Crippen molar-refractivity contribution in [1.29, 1.82) is 0 Å². The molecule has 3 unspecified atom stereocenters. The van der Waals surface area contributed by atoms with Crippen molar-refractivity contribution >= 4 is 19.8 Å². The highest BCUT2D eigenvalue weighted by Crippen LogP contribution is 2.38. The van der Waals surface area contributed by atoms with E-state index in [-0.39, 0.29) is 26.1 Å². The van der Waals surface area contributed by atoms with Crippen LogP contribution in [-0.4, -0.2) is 82.2 Å². The first-order valence-corrected chi connectivity index (χ1v) is 22.0. The summed E-state index contributed by atoms with van der Waals surface area (Å²) in [7, 11) is 1.15. The molecule has 300 valence electrons. The molecule has 11 heteroatoms. The number of nitrogens with zero attached hydrogens (tertiary/aromatic N) is 1. The van der Waals surface area contributed by atoms with Gasteiger partial charge >= 0.3 is 11.9 Å². The van der Waals surface area contributed by atoms with Gasteiger partial charge in [0.1, 0.15) is 19.8 Å². The monoisotopic (exact) mass is 746 g/mol. The highest BCUT2D eigenvalue weighted by molar-refractivity contribution is 7.45. The molecule has 0 bridgehead atoms. The standard InChI is InChI=1S/C40H76NO9P/c1-6-8-10-12-14-15-16-17-18-22-27-31-40(43)49-36(35-48-51(44,45)47-33-32-41(3,4)5)34-46-39(42)30-26-23-19-21-25-29-38-37(50-38)28-24-20-13-11-9-7-2/h20,24,36-38H,6-19,21-23,25-35H2,1-5H3/b24-20-/t36-,37?,38?/m1/s1. The van der Waals surface area contributed by atoms with Crippen LogP contribution in [0, 0.1) is 0 Å². The summed E-state index contributed by atoms with van der Waals surface area (Å²) in [6.45, 7) is 4.16. The van der Waals surface area contributed by atoms with E-state index >= 15 is 0 Å². The van der Waals surface area contributed by atoms with Crippen LogP contribution in [0.1, 0.15) is 168 Å². The molecular weight excluding hydrogens is 669 g/mol. The number of hydrogen-bond donors (Lipinski definition) is 0. The molecule has 1 aliphatic rings. The average molecular weight is 746 g/mol. The maximum Gasteiger partial charge on any atom is 0.306 e. The molecule has 0 radical (unpaired) electrons. The Morgan fingerprint density at radius 2 is 1.25 bits per heavy atom. The number of carbonyl (C=O) groups is 2. The lowest BCUT2D eigenvalue weighted by Gasteiger charge is -2.28. The maximum absolute atomic E-state index is 12.6. The number of epoxide rings is 1. The van der Waals surface area contributed by atoms with Crippen molar-refractivity contribution in [1.82, 2.24) is 0 Å². The van der Waals surface area contributed by atoms with Crippen LogP contribution in [0.3, 0.4) is 0 Å². The Kier molecular flexibility index (Phi) is 28.2. The SMILES string of the molecule is CCCCC/C=C\CC1OC1CCCCCCCC(=O)OC[C@H](COP(=O)([O-])OCC[N+](C)(C)C)OC(=O)CCCCCCCCCCCCC. The van der Waals surface area contributed by atoms with Crippen molar-refractivity contribution in [3.63, 3.8) is 0 Å². The number of esters is 2. The van der Waals surface area contributed by atoms with Crippen LogP contribution in [0.2, 0.25) is 0 Å². The predicted octanol–water partition coefficient (Wildman–Crippen LogP) is 9.38. The molecule has 1 saturated heterocycles. The van der Waals surface area contributed by atoms with Gasteiger partial charge in [-0.2, -0.15) is 0 Å². The van der Waals surface area contributed by atoms with Crippen LogP contribution in [-0.2, 0) is 37.4 Å². The Hall–Kier alpha value is -1.29. The molecule has 4 atom stereocenters. The number of phosphoric acid groups is 1. The van der Waals surface area contributed by atoms with Crippen molar-refractivity contribution in [3.8, 4) is 0 Å². The zero-order valence-corrected chi connectivity index (χ0v) is 34.1. The number of phosphoric ester groups is 1. The minimum absolute atomic E-state index is 0.0334. The number of unbranched alkanes of at least 4 members (excludes halogenated alkanes) is 17. The lowest BCUT2D eigenvalue weighted by atomic mass is 10.1. The molecule has 0 amide bonds. The molecule has 0 aromatic rings. The second-order valence-corrected chi connectivity index (χ2v) is 16.8. The fourth-order valence-electron chi connectivity index (χ4n) is 5.84. The van der Waals surface area contributed by atoms with Gasteiger partial charge < -0.3 is 32.6 Å². The van der Waals surface area contributed by atoms with Gasteiger partial charge in [-0.1, -0.05) is 129 Å². The number of allylic oxidation sites excluding steroid dienone is 1. The molecular formula is C40H76NO9P. The Labute approximate surface area is 311 Å². The molecule has 0 aromatic heterocycles. The normalized spacial score (nSPS) is 17.8. The van der Waals surface area contributed by atoms with Gasteiger partial charge in [-0.25, -0.2) is 0 Å². The quantitative estimate of drug-likeness (QED) is 0.0154. The molecule has 0 aromatic carbocycles. The Morgan fingerprint density at radius 3 is 1.86 bits per heavy atom. The number of likely N-dealkylation sites (N-methyl/N-ethyl adjacent to an activating group) is 1. The topological polar surface area (TPSA) is 124 Å². The second-order valence-electron chi connectivity index (χ2n) is 15.4. The second kappa shape index (κ2) is 30.1. The van der Waals surface area contributed by atoms with Gasteiger partial charge in [-0.15, -0.1) is 0 Å². The predicted molar refractivity (Wildman–Crippen MR) is 203 cm³/mol. The summed E-state index contributed by atoms with van der Waals surface area (Å²) in [5.41, 5.74) is 0. The van der Waals surface area contributed by atoms with E-state index in [1.54, 1.807) is 0 Å². The fourth-order valence-corrected chi connectivity index (χ4v) is 6.57. The zero-order chi connectivity index (χ0) is 37.6. The molecule has 1 fully saturated rings. The first-order valence-electron chi connectivity index (χ1n) is 20.5. The molecule has 1 aliphatic heterocycles. The van der Waals surface area contributed by atoms with Crippen molar-refractivity contribution < 1.29 is 46.8 Å². The van der Waals surface area contributed by atoms with Crippen molar-refractivity contribution in [2.45, 2.75) is 186 Å². The van der Waals surface area contributed by atoms with Crippen molar-refractivity contribution in [2.75, 3.05) is 47.5 Å². The zero-order valence-electron chi connectivity index (χ0n) is 33.3. The third-order valence-electron chi connectivity index (χ3n) is 9.21. The number of ether oxygens (including phenoxy) is 3. The summed E-state index contributed by atoms with van der Waals surface area (Å²) in [4.78, 5) is 37.4. The Bertz CT molecular complexity index is 955. The minimum Gasteiger partial charge on any atom is -0.756 e. The Balaban J connectivity index is 2.30. The summed E-state index contributed by atoms with van der Waals surface area (Å²) in [5.74, 6) is -0.855. The van der Waals surface area contributed by atoms with E-state index in [4.69, 9.17) is 23.3 Å². The van der Waals surface area contributed by atoms with Gasteiger partial charge in [0, 0.05) is 12.8 Å². The van der Waals surface area contributed by atoms with Crippen LogP contribution in [0.15, 0.2) is 12.2 Å². The van der Waals surface area contributed by atoms with Crippen LogP contribution in [0.4, 0.5) is 0 Å². The smallest absolute Gasteiger partial charge is 0.306 e. The van der Waals surface area contributed by atoms with Crippen LogP contribution >= 0.6 is 7.82 Å². The largest absolute Gasteiger partial charge is 0.756 e. The van der Waals surface area contributed by atoms with Crippen LogP contribution in [0.25, 0.3) is 0 Å². The van der Waals surface area contributed by atoms with Gasteiger partial charge in [0.25, 0.3) is 7.82 Å². The third-order valence-corrected chi connectivity index (χ3v) is 10.2. The highest BCUT2D eigenvalue weighted by atomic mass is 31.2. The van der Waals surface area contributed by atoms with E-state index in [1.165, 1.54) is 70.6 Å². The van der Waals surface area contributed by atoms with E-state index < -0.39 is 32.5 Å². The van der Waals surface area contributed by atoms with E-state index in [2.05, 4.69) is 26.0 Å². The van der Waals surface area contributed by atoms with Gasteiger partial charge in [-0.05, 0) is 38.5 Å². The minimum atomic E-state index is -4.62. The van der Waals surface area contributed by atoms with Crippen molar-refractivity contribution in [2.24, 2.45) is 0 Å². The van der Waals surface area contributed by atoms with Gasteiger partial charge in [0.2, 0.25) is 0 Å². The van der Waals surface area contributed by atoms with E-state index in [0.29, 0.717) is 36.1 Å². The number of quaternary nitrogens is 1. The molecule has 1 rings (SSSR count). The van der Waals surface area contributed by atoms with E-state index in [0.717, 1.165) is 57.8 Å². The van der Waals surface area contributed by atoms with Crippen molar-refractivity contribution in [3.05, 3.63) is 12.2 Å². The summed E-state index contributed by atoms with van der Waals surface area (Å²) in [6.07, 6.45) is 29.7. The van der Waals surface area contributed by atoms with Gasteiger partial charge in [0.05, 0.1) is 40.0 Å². The Morgan fingerprint density at radius 1 is 0.706 bits per heavy atom. The highest BCUT2D eigenvalue weighted by Gasteiger charge is 2.36. The molecule has 0 aliphatic carbocycles. The molecule has 51 heavy (non-hydrogen) atoms. The first-order chi connectivity index (χ1) is 24.5. The third kappa shape index (κ3) is 30.8. The summed E-state index contributed by atoms with van der Waals surface area (Å²) >= 11 is 0. The summed E-state index contributed by atoms with van der Waals surface area (Å²) in [6, 6.07) is 0. The average Bonchev–Trinajstić information content (AvgIpc) is 3.83. The first kappa shape index (κ1) is 47.7. The van der Waals surface area contributed by atoms with Gasteiger partial charge in [0.15, 0.2) is 6.10 Å². The summed E-state index contributed by atoms with van der Waals surface area (Å²) in [5, 5.41) is 0. The summed E-state index contributed by atoms with van der Waals surface area (Å²) < 4.78 is 39.6. The van der Waals surface area contributed by atoms with E-state index in [9.17, 15) is 19.0 Å². The molecule has 10 nitrogen and oxygen atoms in total. The van der Waals surface area contributed by atoms with Crippen LogP contribution in [0.5, 0.6) is 0 Å². The lowest BCUT2D eigenvalue weighted by Crippen LogP contribution is -2.37. The number of hydrogen-bond acceptors (Lipinski definition) is 9. The van der Waals surface area contributed by atoms with Gasteiger partial charge in [-0.3, -0.25) is 14.2 Å². The number of rotatable bonds is 36. The van der Waals surface area contributed by atoms with E-state index in [1.807, 2.05) is 21.1 Å². The molecule has 1 heterocycles. The lowest BCUT2D eigenvalue weighted by molar-refractivity contribution is -0.870. The fraction of sp³-hybridized carbons (Fsp3) is 0.900. The molecule has 0 N–H and O–H groups in total. The molecule has 0 spiro atoms. The number of carbonyl (C=O) groups excluding carboxylic acids is 2.